The molecular weight excluding hydrogens is 268 g/mol. The number of rotatable bonds is 9. The maximum Gasteiger partial charge on any atom is 0.0494 e. The van der Waals surface area contributed by atoms with Gasteiger partial charge in [-0.2, -0.15) is 0 Å². The number of allylic oxidation sites excluding steroid dienone is 1. The first-order valence-corrected chi connectivity index (χ1v) is 10.00. The Kier molecular flexibility index (Phi) is 8.59. The van der Waals surface area contributed by atoms with Crippen LogP contribution in [0.15, 0.2) is 12.7 Å². The molecular formula is C21H38O. The maximum absolute atomic E-state index is 5.60. The molecule has 0 bridgehead atoms. The van der Waals surface area contributed by atoms with E-state index in [-0.39, 0.29) is 0 Å². The third-order valence-corrected chi connectivity index (χ3v) is 6.25. The molecule has 0 aromatic carbocycles. The Bertz CT molecular complexity index is 282. The van der Waals surface area contributed by atoms with E-state index in [2.05, 4.69) is 19.6 Å². The molecule has 0 saturated heterocycles. The van der Waals surface area contributed by atoms with Gasteiger partial charge in [-0.25, -0.2) is 0 Å². The van der Waals surface area contributed by atoms with Gasteiger partial charge in [0, 0.05) is 13.2 Å². The van der Waals surface area contributed by atoms with E-state index in [1.807, 2.05) is 0 Å². The fraction of sp³-hybridized carbons (Fsp3) is 0.905. The molecule has 0 heterocycles. The molecule has 22 heavy (non-hydrogen) atoms. The lowest BCUT2D eigenvalue weighted by atomic mass is 9.75. The fourth-order valence-corrected chi connectivity index (χ4v) is 4.61. The molecule has 2 rings (SSSR count). The first kappa shape index (κ1) is 18.0. The second-order valence-corrected chi connectivity index (χ2v) is 7.88. The van der Waals surface area contributed by atoms with Crippen molar-refractivity contribution in [3.63, 3.8) is 0 Å². The zero-order valence-corrected chi connectivity index (χ0v) is 14.9. The summed E-state index contributed by atoms with van der Waals surface area (Å²) < 4.78 is 5.60. The molecule has 0 atom stereocenters. The molecule has 0 amide bonds. The monoisotopic (exact) mass is 306 g/mol. The molecule has 0 radical (unpaired) electrons. The van der Waals surface area contributed by atoms with E-state index >= 15 is 0 Å². The molecule has 128 valence electrons. The molecule has 1 heteroatoms. The summed E-state index contributed by atoms with van der Waals surface area (Å²) in [6, 6.07) is 0. The van der Waals surface area contributed by atoms with Crippen LogP contribution in [-0.4, -0.2) is 13.2 Å². The van der Waals surface area contributed by atoms with Crippen molar-refractivity contribution in [1.82, 2.24) is 0 Å². The van der Waals surface area contributed by atoms with Crippen LogP contribution in [0.5, 0.6) is 0 Å². The first-order chi connectivity index (χ1) is 10.8. The highest BCUT2D eigenvalue weighted by molar-refractivity contribution is 4.78. The molecule has 1 nitrogen and oxygen atoms in total. The first-order valence-electron chi connectivity index (χ1n) is 10.00. The molecule has 0 N–H and O–H groups in total. The lowest BCUT2D eigenvalue weighted by Crippen LogP contribution is -2.20. The van der Waals surface area contributed by atoms with Crippen LogP contribution in [0, 0.1) is 23.7 Å². The lowest BCUT2D eigenvalue weighted by Gasteiger charge is -2.32. The molecule has 2 aliphatic rings. The lowest BCUT2D eigenvalue weighted by molar-refractivity contribution is 0.0842. The molecule has 2 aliphatic carbocycles. The molecule has 2 saturated carbocycles. The number of hydrogen-bond donors (Lipinski definition) is 0. The minimum absolute atomic E-state index is 0.858. The highest BCUT2D eigenvalue weighted by atomic mass is 16.5. The Morgan fingerprint density at radius 1 is 0.773 bits per heavy atom. The van der Waals surface area contributed by atoms with Gasteiger partial charge in [-0.15, -0.1) is 6.58 Å². The minimum Gasteiger partial charge on any atom is -0.381 e. The van der Waals surface area contributed by atoms with E-state index in [4.69, 9.17) is 4.74 Å². The van der Waals surface area contributed by atoms with Crippen molar-refractivity contribution in [2.75, 3.05) is 13.2 Å². The predicted molar refractivity (Wildman–Crippen MR) is 96.1 cm³/mol. The third-order valence-electron chi connectivity index (χ3n) is 6.25. The van der Waals surface area contributed by atoms with Gasteiger partial charge in [0.15, 0.2) is 0 Å². The smallest absolute Gasteiger partial charge is 0.0494 e. The van der Waals surface area contributed by atoms with Crippen molar-refractivity contribution >= 4 is 0 Å². The minimum atomic E-state index is 0.858. The van der Waals surface area contributed by atoms with Crippen molar-refractivity contribution in [3.05, 3.63) is 12.7 Å². The largest absolute Gasteiger partial charge is 0.381 e. The summed E-state index contributed by atoms with van der Waals surface area (Å²) in [5.74, 6) is 3.93. The van der Waals surface area contributed by atoms with Crippen LogP contribution < -0.4 is 0 Å². The van der Waals surface area contributed by atoms with Crippen LogP contribution in [0.1, 0.15) is 84.0 Å². The summed E-state index contributed by atoms with van der Waals surface area (Å²) in [4.78, 5) is 0. The zero-order valence-electron chi connectivity index (χ0n) is 14.9. The second kappa shape index (κ2) is 10.5. The van der Waals surface area contributed by atoms with Crippen molar-refractivity contribution in [2.45, 2.75) is 84.0 Å². The highest BCUT2D eigenvalue weighted by Gasteiger charge is 2.24. The van der Waals surface area contributed by atoms with Gasteiger partial charge in [-0.1, -0.05) is 57.4 Å². The van der Waals surface area contributed by atoms with Crippen LogP contribution in [0.4, 0.5) is 0 Å². The molecule has 0 aromatic heterocycles. The molecule has 0 aliphatic heterocycles. The van der Waals surface area contributed by atoms with Crippen molar-refractivity contribution in [2.24, 2.45) is 23.7 Å². The van der Waals surface area contributed by atoms with Crippen LogP contribution in [0.25, 0.3) is 0 Å². The van der Waals surface area contributed by atoms with Crippen LogP contribution in [0.2, 0.25) is 0 Å². The third kappa shape index (κ3) is 6.44. The number of hydrogen-bond acceptors (Lipinski definition) is 1. The Hall–Kier alpha value is -0.300. The summed E-state index contributed by atoms with van der Waals surface area (Å²) in [6.45, 7) is 7.86. The average molecular weight is 307 g/mol. The van der Waals surface area contributed by atoms with Gasteiger partial charge >= 0.3 is 0 Å². The highest BCUT2D eigenvalue weighted by Crippen LogP contribution is 2.37. The molecule has 2 fully saturated rings. The van der Waals surface area contributed by atoms with Crippen LogP contribution in [0.3, 0.4) is 0 Å². The fourth-order valence-electron chi connectivity index (χ4n) is 4.61. The topological polar surface area (TPSA) is 9.23 Å². The molecule has 0 spiro atoms. The van der Waals surface area contributed by atoms with Gasteiger partial charge < -0.3 is 4.74 Å². The standard InChI is InChI=1S/C21H38O/c1-3-5-6-18-7-9-19(10-8-18)11-12-20-13-15-21(16-14-20)17-22-4-2/h3,18-21H,1,4-17H2,2H3/t18-,19-,20-,21-. The Morgan fingerprint density at radius 2 is 1.23 bits per heavy atom. The Balaban J connectivity index is 1.53. The van der Waals surface area contributed by atoms with Gasteiger partial charge in [0.2, 0.25) is 0 Å². The summed E-state index contributed by atoms with van der Waals surface area (Å²) >= 11 is 0. The van der Waals surface area contributed by atoms with E-state index in [0.717, 1.165) is 36.9 Å². The summed E-state index contributed by atoms with van der Waals surface area (Å²) in [5, 5.41) is 0. The maximum atomic E-state index is 5.60. The summed E-state index contributed by atoms with van der Waals surface area (Å²) in [6.07, 6.45) is 19.5. The van der Waals surface area contributed by atoms with Crippen LogP contribution >= 0.6 is 0 Å². The van der Waals surface area contributed by atoms with E-state index in [1.54, 1.807) is 0 Å². The van der Waals surface area contributed by atoms with E-state index < -0.39 is 0 Å². The van der Waals surface area contributed by atoms with Crippen molar-refractivity contribution in [1.29, 1.82) is 0 Å². The quantitative estimate of drug-likeness (QED) is 0.449. The zero-order chi connectivity index (χ0) is 15.6. The summed E-state index contributed by atoms with van der Waals surface area (Å²) in [7, 11) is 0. The summed E-state index contributed by atoms with van der Waals surface area (Å²) in [5.41, 5.74) is 0. The van der Waals surface area contributed by atoms with Gasteiger partial charge in [-0.05, 0) is 56.3 Å². The Morgan fingerprint density at radius 3 is 1.68 bits per heavy atom. The predicted octanol–water partition coefficient (Wildman–Crippen LogP) is 6.38. The number of ether oxygens (including phenoxy) is 1. The molecule has 0 aromatic rings. The van der Waals surface area contributed by atoms with E-state index in [0.29, 0.717) is 0 Å². The normalized spacial score (nSPS) is 32.8. The van der Waals surface area contributed by atoms with Gasteiger partial charge in [0.05, 0.1) is 0 Å². The van der Waals surface area contributed by atoms with Gasteiger partial charge in [0.25, 0.3) is 0 Å². The van der Waals surface area contributed by atoms with Crippen LogP contribution in [-0.2, 0) is 4.74 Å². The second-order valence-electron chi connectivity index (χ2n) is 7.88. The van der Waals surface area contributed by atoms with Crippen molar-refractivity contribution in [3.8, 4) is 0 Å². The van der Waals surface area contributed by atoms with Gasteiger partial charge in [-0.3, -0.25) is 0 Å². The Labute approximate surface area is 138 Å². The van der Waals surface area contributed by atoms with E-state index in [1.165, 1.54) is 77.0 Å². The molecule has 0 unspecified atom stereocenters. The SMILES string of the molecule is C=CCC[C@H]1CC[C@H](CC[C@H]2CC[C@H](COCC)CC2)CC1. The van der Waals surface area contributed by atoms with Crippen molar-refractivity contribution < 1.29 is 4.74 Å². The van der Waals surface area contributed by atoms with Gasteiger partial charge in [0.1, 0.15) is 0 Å². The average Bonchev–Trinajstić information content (AvgIpc) is 2.58. The van der Waals surface area contributed by atoms with E-state index in [9.17, 15) is 0 Å².